The molecule has 1 saturated heterocycles. The Balaban J connectivity index is 1.74. The van der Waals surface area contributed by atoms with E-state index in [4.69, 9.17) is 0 Å². The highest BCUT2D eigenvalue weighted by atomic mass is 15.2. The van der Waals surface area contributed by atoms with Crippen molar-refractivity contribution in [3.63, 3.8) is 0 Å². The molecule has 0 aromatic heterocycles. The topological polar surface area (TPSA) is 15.3 Å². The minimum atomic E-state index is 0.644. The highest BCUT2D eigenvalue weighted by Gasteiger charge is 2.20. The predicted molar refractivity (Wildman–Crippen MR) is 86.5 cm³/mol. The van der Waals surface area contributed by atoms with E-state index in [0.29, 0.717) is 6.04 Å². The molecule has 1 atom stereocenters. The first-order valence-corrected chi connectivity index (χ1v) is 8.32. The quantitative estimate of drug-likeness (QED) is 0.907. The lowest BCUT2D eigenvalue weighted by molar-refractivity contribution is 0.436. The molecule has 1 heterocycles. The summed E-state index contributed by atoms with van der Waals surface area (Å²) in [6.45, 7) is 8.18. The molecule has 1 N–H and O–H groups in total. The van der Waals surface area contributed by atoms with Gasteiger partial charge in [0.1, 0.15) is 0 Å². The summed E-state index contributed by atoms with van der Waals surface area (Å²) < 4.78 is 0. The maximum Gasteiger partial charge on any atom is 0.0369 e. The van der Waals surface area contributed by atoms with Crippen LogP contribution in [0.4, 0.5) is 5.69 Å². The van der Waals surface area contributed by atoms with Gasteiger partial charge in [0.05, 0.1) is 0 Å². The van der Waals surface area contributed by atoms with Crippen LogP contribution in [0, 0.1) is 5.92 Å². The first-order valence-electron chi connectivity index (χ1n) is 8.32. The first kappa shape index (κ1) is 13.9. The van der Waals surface area contributed by atoms with Crippen LogP contribution in [-0.4, -0.2) is 25.7 Å². The second-order valence-corrected chi connectivity index (χ2v) is 6.89. The third kappa shape index (κ3) is 3.17. The van der Waals surface area contributed by atoms with Gasteiger partial charge >= 0.3 is 0 Å². The Morgan fingerprint density at radius 2 is 2.05 bits per heavy atom. The Hall–Kier alpha value is -1.02. The van der Waals surface area contributed by atoms with Crippen LogP contribution in [0.15, 0.2) is 18.2 Å². The van der Waals surface area contributed by atoms with E-state index in [1.807, 2.05) is 0 Å². The van der Waals surface area contributed by atoms with Crippen LogP contribution < -0.4 is 10.2 Å². The summed E-state index contributed by atoms with van der Waals surface area (Å²) in [7, 11) is 0. The van der Waals surface area contributed by atoms with E-state index in [9.17, 15) is 0 Å². The molecular weight excluding hydrogens is 244 g/mol. The van der Waals surface area contributed by atoms with Crippen molar-refractivity contribution in [1.29, 1.82) is 0 Å². The Morgan fingerprint density at radius 3 is 2.90 bits per heavy atom. The molecule has 3 rings (SSSR count). The SMILES string of the molecule is CC(C)CC1CN(c2ccc3c(c2)CCC3)CCCN1. The third-order valence-corrected chi connectivity index (χ3v) is 4.68. The number of hydrogen-bond acceptors (Lipinski definition) is 2. The Bertz CT molecular complexity index is 453. The summed E-state index contributed by atoms with van der Waals surface area (Å²) in [5, 5.41) is 3.72. The maximum atomic E-state index is 3.72. The van der Waals surface area contributed by atoms with Crippen LogP contribution in [0.1, 0.15) is 44.2 Å². The molecule has 1 fully saturated rings. The summed E-state index contributed by atoms with van der Waals surface area (Å²) in [5.74, 6) is 0.771. The summed E-state index contributed by atoms with van der Waals surface area (Å²) >= 11 is 0. The molecule has 0 saturated carbocycles. The highest BCUT2D eigenvalue weighted by molar-refractivity contribution is 5.52. The van der Waals surface area contributed by atoms with Crippen molar-refractivity contribution in [3.05, 3.63) is 29.3 Å². The number of nitrogens with zero attached hydrogens (tertiary/aromatic N) is 1. The number of anilines is 1. The van der Waals surface area contributed by atoms with Gasteiger partial charge < -0.3 is 10.2 Å². The standard InChI is InChI=1S/C18H28N2/c1-14(2)11-17-13-20(10-4-9-19-17)18-8-7-15-5-3-6-16(15)12-18/h7-8,12,14,17,19H,3-6,9-11,13H2,1-2H3. The normalized spacial score (nSPS) is 22.9. The van der Waals surface area contributed by atoms with Gasteiger partial charge in [0.2, 0.25) is 0 Å². The van der Waals surface area contributed by atoms with Crippen LogP contribution in [0.5, 0.6) is 0 Å². The van der Waals surface area contributed by atoms with Crippen molar-refractivity contribution in [3.8, 4) is 0 Å². The zero-order chi connectivity index (χ0) is 13.9. The number of hydrogen-bond donors (Lipinski definition) is 1. The van der Waals surface area contributed by atoms with Crippen molar-refractivity contribution < 1.29 is 0 Å². The molecule has 1 aliphatic heterocycles. The van der Waals surface area contributed by atoms with Gasteiger partial charge in [-0.25, -0.2) is 0 Å². The molecule has 1 aromatic rings. The van der Waals surface area contributed by atoms with Crippen molar-refractivity contribution in [2.75, 3.05) is 24.5 Å². The average molecular weight is 272 g/mol. The van der Waals surface area contributed by atoms with Gasteiger partial charge in [0, 0.05) is 24.8 Å². The average Bonchev–Trinajstić information content (AvgIpc) is 2.77. The minimum absolute atomic E-state index is 0.644. The minimum Gasteiger partial charge on any atom is -0.370 e. The van der Waals surface area contributed by atoms with Crippen LogP contribution >= 0.6 is 0 Å². The largest absolute Gasteiger partial charge is 0.370 e. The van der Waals surface area contributed by atoms with Crippen LogP contribution in [0.25, 0.3) is 0 Å². The zero-order valence-electron chi connectivity index (χ0n) is 13.0. The molecule has 0 radical (unpaired) electrons. The fourth-order valence-corrected chi connectivity index (χ4v) is 3.71. The number of nitrogens with one attached hydrogen (secondary N) is 1. The lowest BCUT2D eigenvalue weighted by Gasteiger charge is -2.28. The molecule has 20 heavy (non-hydrogen) atoms. The first-order chi connectivity index (χ1) is 9.72. The van der Waals surface area contributed by atoms with Crippen molar-refractivity contribution in [1.82, 2.24) is 5.32 Å². The van der Waals surface area contributed by atoms with Crippen molar-refractivity contribution in [2.45, 2.75) is 52.0 Å². The number of benzene rings is 1. The lowest BCUT2D eigenvalue weighted by Crippen LogP contribution is -2.38. The Morgan fingerprint density at radius 1 is 1.20 bits per heavy atom. The molecular formula is C18H28N2. The third-order valence-electron chi connectivity index (χ3n) is 4.68. The second-order valence-electron chi connectivity index (χ2n) is 6.89. The lowest BCUT2D eigenvalue weighted by atomic mass is 10.0. The van der Waals surface area contributed by atoms with Crippen LogP contribution in [0.2, 0.25) is 0 Å². The van der Waals surface area contributed by atoms with Gasteiger partial charge in [0.15, 0.2) is 0 Å². The van der Waals surface area contributed by atoms with Gasteiger partial charge in [0.25, 0.3) is 0 Å². The molecule has 0 amide bonds. The van der Waals surface area contributed by atoms with Crippen LogP contribution in [0.3, 0.4) is 0 Å². The van der Waals surface area contributed by atoms with E-state index in [0.717, 1.165) is 12.5 Å². The molecule has 1 unspecified atom stereocenters. The molecule has 110 valence electrons. The van der Waals surface area contributed by atoms with E-state index in [2.05, 4.69) is 42.3 Å². The molecule has 1 aliphatic carbocycles. The zero-order valence-corrected chi connectivity index (χ0v) is 13.0. The van der Waals surface area contributed by atoms with E-state index in [-0.39, 0.29) is 0 Å². The predicted octanol–water partition coefficient (Wildman–Crippen LogP) is 3.39. The van der Waals surface area contributed by atoms with Gasteiger partial charge in [-0.2, -0.15) is 0 Å². The van der Waals surface area contributed by atoms with E-state index in [1.165, 1.54) is 50.9 Å². The number of aryl methyl sites for hydroxylation is 2. The second kappa shape index (κ2) is 6.17. The highest BCUT2D eigenvalue weighted by Crippen LogP contribution is 2.27. The summed E-state index contributed by atoms with van der Waals surface area (Å²) in [6, 6.07) is 7.82. The maximum absolute atomic E-state index is 3.72. The fourth-order valence-electron chi connectivity index (χ4n) is 3.71. The fraction of sp³-hybridized carbons (Fsp3) is 0.667. The summed E-state index contributed by atoms with van der Waals surface area (Å²) in [5.41, 5.74) is 4.63. The summed E-state index contributed by atoms with van der Waals surface area (Å²) in [4.78, 5) is 2.60. The Labute approximate surface area is 123 Å². The van der Waals surface area contributed by atoms with Gasteiger partial charge in [-0.05, 0) is 67.8 Å². The molecule has 0 spiro atoms. The number of fused-ring (bicyclic) bond motifs is 1. The van der Waals surface area contributed by atoms with Crippen LogP contribution in [-0.2, 0) is 12.8 Å². The van der Waals surface area contributed by atoms with E-state index >= 15 is 0 Å². The molecule has 2 heteroatoms. The molecule has 2 aliphatic rings. The number of rotatable bonds is 3. The monoisotopic (exact) mass is 272 g/mol. The molecule has 2 nitrogen and oxygen atoms in total. The smallest absolute Gasteiger partial charge is 0.0369 e. The van der Waals surface area contributed by atoms with Gasteiger partial charge in [-0.3, -0.25) is 0 Å². The summed E-state index contributed by atoms with van der Waals surface area (Å²) in [6.07, 6.45) is 6.45. The molecule has 1 aromatic carbocycles. The molecule has 0 bridgehead atoms. The van der Waals surface area contributed by atoms with E-state index in [1.54, 1.807) is 11.1 Å². The Kier molecular flexibility index (Phi) is 4.30. The van der Waals surface area contributed by atoms with E-state index < -0.39 is 0 Å². The van der Waals surface area contributed by atoms with Gasteiger partial charge in [-0.15, -0.1) is 0 Å². The van der Waals surface area contributed by atoms with Crippen molar-refractivity contribution >= 4 is 5.69 Å². The van der Waals surface area contributed by atoms with Gasteiger partial charge in [-0.1, -0.05) is 19.9 Å². The van der Waals surface area contributed by atoms with Crippen molar-refractivity contribution in [2.24, 2.45) is 5.92 Å².